The Morgan fingerprint density at radius 2 is 1.84 bits per heavy atom. The number of hydrogen-bond donors (Lipinski definition) is 0. The van der Waals surface area contributed by atoms with Crippen LogP contribution in [0.2, 0.25) is 5.02 Å². The van der Waals surface area contributed by atoms with E-state index in [4.69, 9.17) is 20.8 Å². The summed E-state index contributed by atoms with van der Waals surface area (Å²) in [6.45, 7) is 3.54. The highest BCUT2D eigenvalue weighted by Crippen LogP contribution is 2.34. The fraction of sp³-hybridized carbons (Fsp3) is 0.160. The third-order valence-electron chi connectivity index (χ3n) is 5.57. The van der Waals surface area contributed by atoms with Crippen molar-refractivity contribution >= 4 is 38.5 Å². The monoisotopic (exact) mass is 495 g/mol. The Hall–Kier alpha value is -2.60. The zero-order chi connectivity index (χ0) is 21.5. The van der Waals surface area contributed by atoms with Crippen LogP contribution >= 0.6 is 27.5 Å². The molecule has 0 N–H and O–H groups in total. The fourth-order valence-corrected chi connectivity index (χ4v) is 4.50. The van der Waals surface area contributed by atoms with Crippen LogP contribution in [0.1, 0.15) is 16.9 Å². The van der Waals surface area contributed by atoms with Gasteiger partial charge in [0, 0.05) is 22.6 Å². The van der Waals surface area contributed by atoms with Crippen molar-refractivity contribution in [3.05, 3.63) is 97.3 Å². The van der Waals surface area contributed by atoms with Crippen molar-refractivity contribution in [3.63, 3.8) is 0 Å². The number of rotatable bonds is 3. The first kappa shape index (κ1) is 20.3. The molecule has 0 unspecified atom stereocenters. The molecule has 5 rings (SSSR count). The molecule has 2 heterocycles. The summed E-state index contributed by atoms with van der Waals surface area (Å²) in [4.78, 5) is 15.5. The molecule has 0 saturated heterocycles. The number of nitrogens with zero attached hydrogens (tertiary/aromatic N) is 1. The Bertz CT molecular complexity index is 1350. The van der Waals surface area contributed by atoms with Gasteiger partial charge in [0.1, 0.15) is 23.8 Å². The van der Waals surface area contributed by atoms with Crippen LogP contribution < -0.4 is 10.2 Å². The van der Waals surface area contributed by atoms with Crippen LogP contribution in [-0.4, -0.2) is 11.6 Å². The molecule has 6 heteroatoms. The molecule has 0 bridgehead atoms. The highest BCUT2D eigenvalue weighted by atomic mass is 79.9. The van der Waals surface area contributed by atoms with E-state index in [2.05, 4.69) is 20.8 Å². The number of fused-ring (bicyclic) bond motifs is 3. The van der Waals surface area contributed by atoms with E-state index in [0.29, 0.717) is 42.1 Å². The second-order valence-corrected chi connectivity index (χ2v) is 8.96. The number of hydrogen-bond acceptors (Lipinski definition) is 4. The van der Waals surface area contributed by atoms with Crippen LogP contribution in [0.5, 0.6) is 5.75 Å². The third kappa shape index (κ3) is 3.78. The summed E-state index contributed by atoms with van der Waals surface area (Å²) in [5.41, 5.74) is 3.90. The SMILES string of the molecule is Cc1oc2c3c(ccc2c(=O)c1-c1ccc(Br)cc1)OCN(Cc1ccccc1Cl)C3. The van der Waals surface area contributed by atoms with E-state index in [1.165, 1.54) is 0 Å². The van der Waals surface area contributed by atoms with Gasteiger partial charge in [-0.25, -0.2) is 0 Å². The summed E-state index contributed by atoms with van der Waals surface area (Å²) in [6.07, 6.45) is 0. The van der Waals surface area contributed by atoms with Crippen LogP contribution in [0.25, 0.3) is 22.1 Å². The molecule has 0 spiro atoms. The summed E-state index contributed by atoms with van der Waals surface area (Å²) in [7, 11) is 0. The molecule has 0 fully saturated rings. The minimum absolute atomic E-state index is 0.0351. The van der Waals surface area contributed by atoms with E-state index < -0.39 is 0 Å². The number of ether oxygens (including phenoxy) is 1. The predicted octanol–water partition coefficient (Wildman–Crippen LogP) is 6.54. The van der Waals surface area contributed by atoms with Crippen molar-refractivity contribution in [2.24, 2.45) is 0 Å². The molecule has 4 nitrogen and oxygen atoms in total. The van der Waals surface area contributed by atoms with Gasteiger partial charge in [0.15, 0.2) is 0 Å². The first-order chi connectivity index (χ1) is 15.0. The maximum absolute atomic E-state index is 13.4. The zero-order valence-electron chi connectivity index (χ0n) is 16.8. The van der Waals surface area contributed by atoms with Crippen LogP contribution in [0, 0.1) is 6.92 Å². The van der Waals surface area contributed by atoms with Crippen molar-refractivity contribution in [2.45, 2.75) is 20.0 Å². The van der Waals surface area contributed by atoms with Gasteiger partial charge >= 0.3 is 0 Å². The Balaban J connectivity index is 1.57. The van der Waals surface area contributed by atoms with Gasteiger partial charge < -0.3 is 9.15 Å². The molecule has 31 heavy (non-hydrogen) atoms. The largest absolute Gasteiger partial charge is 0.478 e. The van der Waals surface area contributed by atoms with Crippen molar-refractivity contribution in [1.82, 2.24) is 4.90 Å². The summed E-state index contributed by atoms with van der Waals surface area (Å²) < 4.78 is 13.2. The van der Waals surface area contributed by atoms with Crippen LogP contribution in [0.4, 0.5) is 0 Å². The van der Waals surface area contributed by atoms with E-state index in [-0.39, 0.29) is 5.43 Å². The Morgan fingerprint density at radius 1 is 1.06 bits per heavy atom. The summed E-state index contributed by atoms with van der Waals surface area (Å²) in [5, 5.41) is 1.29. The van der Waals surface area contributed by atoms with Crippen molar-refractivity contribution < 1.29 is 9.15 Å². The normalized spacial score (nSPS) is 13.8. The lowest BCUT2D eigenvalue weighted by Gasteiger charge is -2.29. The van der Waals surface area contributed by atoms with E-state index in [0.717, 1.165) is 31.9 Å². The second kappa shape index (κ2) is 8.15. The third-order valence-corrected chi connectivity index (χ3v) is 6.46. The van der Waals surface area contributed by atoms with E-state index in [1.807, 2.05) is 61.5 Å². The summed E-state index contributed by atoms with van der Waals surface area (Å²) >= 11 is 9.78. The molecule has 1 aliphatic heterocycles. The first-order valence-corrected chi connectivity index (χ1v) is 11.1. The molecule has 156 valence electrons. The quantitative estimate of drug-likeness (QED) is 0.323. The molecule has 1 aromatic heterocycles. The Labute approximate surface area is 193 Å². The van der Waals surface area contributed by atoms with Gasteiger partial charge in [0.2, 0.25) is 5.43 Å². The molecule has 3 aromatic carbocycles. The van der Waals surface area contributed by atoms with E-state index >= 15 is 0 Å². The molecule has 0 radical (unpaired) electrons. The molecule has 0 aliphatic carbocycles. The minimum atomic E-state index is -0.0351. The number of aryl methyl sites for hydroxylation is 1. The van der Waals surface area contributed by atoms with E-state index in [1.54, 1.807) is 6.07 Å². The molecular formula is C25H19BrClNO3. The lowest BCUT2D eigenvalue weighted by atomic mass is 10.0. The maximum atomic E-state index is 13.4. The average molecular weight is 497 g/mol. The molecule has 1 aliphatic rings. The number of halogens is 2. The van der Waals surface area contributed by atoms with Gasteiger partial charge in [-0.2, -0.15) is 0 Å². The van der Waals surface area contributed by atoms with Gasteiger partial charge in [0.25, 0.3) is 0 Å². The van der Waals surface area contributed by atoms with Gasteiger partial charge in [-0.1, -0.05) is 57.9 Å². The zero-order valence-corrected chi connectivity index (χ0v) is 19.2. The molecule has 0 amide bonds. The molecule has 0 saturated carbocycles. The average Bonchev–Trinajstić information content (AvgIpc) is 2.76. The van der Waals surface area contributed by atoms with Gasteiger partial charge in [0.05, 0.1) is 16.5 Å². The van der Waals surface area contributed by atoms with Gasteiger partial charge in [-0.05, 0) is 48.4 Å². The van der Waals surface area contributed by atoms with Gasteiger partial charge in [-0.15, -0.1) is 0 Å². The van der Waals surface area contributed by atoms with E-state index in [9.17, 15) is 4.79 Å². The van der Waals surface area contributed by atoms with Crippen molar-refractivity contribution in [1.29, 1.82) is 0 Å². The highest BCUT2D eigenvalue weighted by Gasteiger charge is 2.24. The molecular weight excluding hydrogens is 478 g/mol. The highest BCUT2D eigenvalue weighted by molar-refractivity contribution is 9.10. The first-order valence-electron chi connectivity index (χ1n) is 9.95. The minimum Gasteiger partial charge on any atom is -0.478 e. The number of benzene rings is 3. The molecule has 0 atom stereocenters. The van der Waals surface area contributed by atoms with Crippen LogP contribution in [-0.2, 0) is 13.1 Å². The second-order valence-electron chi connectivity index (χ2n) is 7.64. The van der Waals surface area contributed by atoms with Crippen LogP contribution in [0.3, 0.4) is 0 Å². The Kier molecular flexibility index (Phi) is 5.34. The Morgan fingerprint density at radius 3 is 2.61 bits per heavy atom. The van der Waals surface area contributed by atoms with Crippen molar-refractivity contribution in [3.8, 4) is 16.9 Å². The van der Waals surface area contributed by atoms with Crippen molar-refractivity contribution in [2.75, 3.05) is 6.73 Å². The lowest BCUT2D eigenvalue weighted by molar-refractivity contribution is 0.0890. The molecule has 4 aromatic rings. The lowest BCUT2D eigenvalue weighted by Crippen LogP contribution is -2.32. The summed E-state index contributed by atoms with van der Waals surface area (Å²) in [5.74, 6) is 1.35. The standard InChI is InChI=1S/C25H19BrClNO3/c1-15-23(16-6-8-18(26)9-7-16)24(29)19-10-11-22-20(25(19)31-15)13-28(14-30-22)12-17-4-2-3-5-21(17)27/h2-11H,12-14H2,1H3. The summed E-state index contributed by atoms with van der Waals surface area (Å²) in [6, 6.07) is 19.1. The maximum Gasteiger partial charge on any atom is 0.200 e. The predicted molar refractivity (Wildman–Crippen MR) is 127 cm³/mol. The van der Waals surface area contributed by atoms with Gasteiger partial charge in [-0.3, -0.25) is 9.69 Å². The topological polar surface area (TPSA) is 42.7 Å². The van der Waals surface area contributed by atoms with Crippen LogP contribution in [0.15, 0.2) is 74.3 Å². The smallest absolute Gasteiger partial charge is 0.200 e. The fourth-order valence-electron chi connectivity index (χ4n) is 4.04.